The zero-order valence-corrected chi connectivity index (χ0v) is 10.5. The third kappa shape index (κ3) is 4.10. The number of ether oxygens (including phenoxy) is 1. The normalized spacial score (nSPS) is 10.6. The Morgan fingerprint density at radius 3 is 2.37 bits per heavy atom. The van der Waals surface area contributed by atoms with E-state index in [9.17, 15) is 4.39 Å². The number of benzene rings is 2. The fourth-order valence-electron chi connectivity index (χ4n) is 1.44. The quantitative estimate of drug-likeness (QED) is 0.608. The summed E-state index contributed by atoms with van der Waals surface area (Å²) in [6.07, 6.45) is 2.75. The summed E-state index contributed by atoms with van der Waals surface area (Å²) in [5, 5.41) is 3.73. The molecular formula is C15H13FNO2. The van der Waals surface area contributed by atoms with Crippen LogP contribution >= 0.6 is 0 Å². The van der Waals surface area contributed by atoms with Crippen molar-refractivity contribution in [1.29, 1.82) is 0 Å². The maximum atomic E-state index is 12.7. The highest BCUT2D eigenvalue weighted by molar-refractivity contribution is 5.79. The maximum Gasteiger partial charge on any atom is 0.142 e. The van der Waals surface area contributed by atoms with E-state index in [0.717, 1.165) is 16.9 Å². The van der Waals surface area contributed by atoms with E-state index < -0.39 is 0 Å². The van der Waals surface area contributed by atoms with Crippen molar-refractivity contribution in [3.8, 4) is 5.75 Å². The average molecular weight is 258 g/mol. The van der Waals surface area contributed by atoms with Gasteiger partial charge in [0, 0.05) is 5.56 Å². The number of methoxy groups -OCH3 is 1. The van der Waals surface area contributed by atoms with Gasteiger partial charge in [-0.15, -0.1) is 0 Å². The zero-order valence-electron chi connectivity index (χ0n) is 10.5. The second-order valence-electron chi connectivity index (χ2n) is 3.83. The Labute approximate surface area is 111 Å². The molecule has 4 heteroatoms. The standard InChI is InChI=1S/C15H13FNO2/c1-18-15-8-4-12(5-9-15)10-17-19-11-13-2-6-14(16)7-3-13/h2-9H,11H2,1H3. The van der Waals surface area contributed by atoms with Crippen LogP contribution in [-0.4, -0.2) is 13.3 Å². The minimum absolute atomic E-state index is 0.267. The SMILES string of the molecule is COc1ccc(/[C]=N\OCc2ccc(F)cc2)cc1. The molecule has 0 spiro atoms. The van der Waals surface area contributed by atoms with E-state index >= 15 is 0 Å². The van der Waals surface area contributed by atoms with Gasteiger partial charge in [-0.05, 0) is 42.0 Å². The average Bonchev–Trinajstić information content (AvgIpc) is 2.46. The molecule has 0 aliphatic heterocycles. The van der Waals surface area contributed by atoms with E-state index in [2.05, 4.69) is 11.4 Å². The van der Waals surface area contributed by atoms with Crippen molar-refractivity contribution in [2.45, 2.75) is 6.61 Å². The van der Waals surface area contributed by atoms with E-state index in [-0.39, 0.29) is 12.4 Å². The van der Waals surface area contributed by atoms with E-state index in [4.69, 9.17) is 9.57 Å². The van der Waals surface area contributed by atoms with Crippen LogP contribution in [0.25, 0.3) is 0 Å². The van der Waals surface area contributed by atoms with Crippen LogP contribution < -0.4 is 4.74 Å². The Bertz CT molecular complexity index is 535. The van der Waals surface area contributed by atoms with Crippen molar-refractivity contribution in [3.63, 3.8) is 0 Å². The van der Waals surface area contributed by atoms with Gasteiger partial charge in [0.25, 0.3) is 0 Å². The van der Waals surface area contributed by atoms with E-state index in [1.54, 1.807) is 19.2 Å². The molecule has 2 aromatic rings. The minimum atomic E-state index is -0.267. The summed E-state index contributed by atoms with van der Waals surface area (Å²) in [6.45, 7) is 0.281. The molecule has 0 atom stereocenters. The molecular weight excluding hydrogens is 245 g/mol. The van der Waals surface area contributed by atoms with Gasteiger partial charge < -0.3 is 9.57 Å². The lowest BCUT2D eigenvalue weighted by atomic mass is 10.2. The first-order valence-electron chi connectivity index (χ1n) is 5.74. The van der Waals surface area contributed by atoms with Gasteiger partial charge in [-0.25, -0.2) is 4.39 Å². The molecule has 0 aliphatic rings. The van der Waals surface area contributed by atoms with Crippen LogP contribution in [0.15, 0.2) is 53.7 Å². The fraction of sp³-hybridized carbons (Fsp3) is 0.133. The summed E-state index contributed by atoms with van der Waals surface area (Å²) in [5.41, 5.74) is 1.64. The number of hydrogen-bond donors (Lipinski definition) is 0. The topological polar surface area (TPSA) is 30.8 Å². The van der Waals surface area contributed by atoms with Crippen LogP contribution in [0.2, 0.25) is 0 Å². The molecule has 0 N–H and O–H groups in total. The second-order valence-corrected chi connectivity index (χ2v) is 3.83. The Balaban J connectivity index is 1.84. The largest absolute Gasteiger partial charge is 0.497 e. The summed E-state index contributed by atoms with van der Waals surface area (Å²) < 4.78 is 17.7. The van der Waals surface area contributed by atoms with Gasteiger partial charge in [-0.3, -0.25) is 0 Å². The highest BCUT2D eigenvalue weighted by atomic mass is 19.1. The predicted octanol–water partition coefficient (Wildman–Crippen LogP) is 3.26. The van der Waals surface area contributed by atoms with Crippen molar-refractivity contribution in [1.82, 2.24) is 0 Å². The van der Waals surface area contributed by atoms with Crippen LogP contribution in [0.3, 0.4) is 0 Å². The Morgan fingerprint density at radius 2 is 1.74 bits per heavy atom. The molecule has 0 aliphatic carbocycles. The summed E-state index contributed by atoms with van der Waals surface area (Å²) in [4.78, 5) is 5.08. The van der Waals surface area contributed by atoms with Crippen LogP contribution in [0, 0.1) is 5.82 Å². The van der Waals surface area contributed by atoms with Crippen molar-refractivity contribution in [2.24, 2.45) is 5.16 Å². The van der Waals surface area contributed by atoms with Gasteiger partial charge in [-0.2, -0.15) is 0 Å². The molecule has 3 nitrogen and oxygen atoms in total. The lowest BCUT2D eigenvalue weighted by Gasteiger charge is -2.00. The number of rotatable bonds is 5. The predicted molar refractivity (Wildman–Crippen MR) is 70.7 cm³/mol. The molecule has 19 heavy (non-hydrogen) atoms. The third-order valence-electron chi connectivity index (χ3n) is 2.47. The molecule has 0 amide bonds. The molecule has 0 saturated heterocycles. The second kappa shape index (κ2) is 6.54. The van der Waals surface area contributed by atoms with Gasteiger partial charge >= 0.3 is 0 Å². The molecule has 0 bridgehead atoms. The van der Waals surface area contributed by atoms with Crippen molar-refractivity contribution in [3.05, 3.63) is 65.5 Å². The molecule has 2 rings (SSSR count). The maximum absolute atomic E-state index is 12.7. The Kier molecular flexibility index (Phi) is 4.50. The lowest BCUT2D eigenvalue weighted by molar-refractivity contribution is 0.132. The van der Waals surface area contributed by atoms with Crippen LogP contribution in [0.1, 0.15) is 11.1 Å². The van der Waals surface area contributed by atoms with E-state index in [1.165, 1.54) is 12.1 Å². The highest BCUT2D eigenvalue weighted by Gasteiger charge is 1.94. The Morgan fingerprint density at radius 1 is 1.05 bits per heavy atom. The van der Waals surface area contributed by atoms with Gasteiger partial charge in [0.15, 0.2) is 0 Å². The van der Waals surface area contributed by atoms with Gasteiger partial charge in [0.2, 0.25) is 0 Å². The zero-order chi connectivity index (χ0) is 13.5. The van der Waals surface area contributed by atoms with Crippen LogP contribution in [0.5, 0.6) is 5.75 Å². The van der Waals surface area contributed by atoms with Crippen molar-refractivity contribution >= 4 is 6.21 Å². The van der Waals surface area contributed by atoms with Gasteiger partial charge in [0.1, 0.15) is 24.4 Å². The molecule has 0 saturated carbocycles. The molecule has 0 fully saturated rings. The first kappa shape index (κ1) is 13.1. The smallest absolute Gasteiger partial charge is 0.142 e. The molecule has 0 heterocycles. The monoisotopic (exact) mass is 258 g/mol. The van der Waals surface area contributed by atoms with E-state index in [0.29, 0.717) is 0 Å². The first-order chi connectivity index (χ1) is 9.28. The van der Waals surface area contributed by atoms with Crippen LogP contribution in [-0.2, 0) is 11.4 Å². The Hall–Kier alpha value is -2.36. The van der Waals surface area contributed by atoms with E-state index in [1.807, 2.05) is 24.3 Å². The number of hydrogen-bond acceptors (Lipinski definition) is 3. The highest BCUT2D eigenvalue weighted by Crippen LogP contribution is 2.10. The lowest BCUT2D eigenvalue weighted by Crippen LogP contribution is -1.89. The minimum Gasteiger partial charge on any atom is -0.497 e. The number of nitrogens with zero attached hydrogens (tertiary/aromatic N) is 1. The van der Waals surface area contributed by atoms with Crippen molar-refractivity contribution in [2.75, 3.05) is 7.11 Å². The van der Waals surface area contributed by atoms with Gasteiger partial charge in [0.05, 0.1) is 7.11 Å². The summed E-state index contributed by atoms with van der Waals surface area (Å²) in [6, 6.07) is 13.4. The summed E-state index contributed by atoms with van der Waals surface area (Å²) in [7, 11) is 1.61. The van der Waals surface area contributed by atoms with Crippen LogP contribution in [0.4, 0.5) is 4.39 Å². The molecule has 0 unspecified atom stereocenters. The molecule has 0 aromatic heterocycles. The van der Waals surface area contributed by atoms with Gasteiger partial charge in [-0.1, -0.05) is 17.3 Å². The molecule has 1 radical (unpaired) electrons. The summed E-state index contributed by atoms with van der Waals surface area (Å²) >= 11 is 0. The third-order valence-corrected chi connectivity index (χ3v) is 2.47. The molecule has 97 valence electrons. The van der Waals surface area contributed by atoms with Crippen molar-refractivity contribution < 1.29 is 14.0 Å². The number of halogens is 1. The molecule has 2 aromatic carbocycles. The fourth-order valence-corrected chi connectivity index (χ4v) is 1.44. The summed E-state index contributed by atoms with van der Waals surface area (Å²) in [5.74, 6) is 0.509. The first-order valence-corrected chi connectivity index (χ1v) is 5.74.